The molecule has 0 aromatic carbocycles. The Labute approximate surface area is 106 Å². The smallest absolute Gasteiger partial charge is 0.331 e. The lowest BCUT2D eigenvalue weighted by Gasteiger charge is -2.41. The number of hydrogen-bond donors (Lipinski definition) is 2. The van der Waals surface area contributed by atoms with Gasteiger partial charge in [0.15, 0.2) is 0 Å². The Morgan fingerprint density at radius 3 is 2.33 bits per heavy atom. The number of amides is 2. The molecule has 1 fully saturated rings. The van der Waals surface area contributed by atoms with Gasteiger partial charge in [0.05, 0.1) is 0 Å². The minimum atomic E-state index is -1.12. The predicted molar refractivity (Wildman–Crippen MR) is 64.8 cm³/mol. The molecule has 1 aliphatic rings. The minimum absolute atomic E-state index is 0.00165. The lowest BCUT2D eigenvalue weighted by atomic mass is 9.97. The summed E-state index contributed by atoms with van der Waals surface area (Å²) < 4.78 is 0. The summed E-state index contributed by atoms with van der Waals surface area (Å²) in [4.78, 5) is 36.2. The molecule has 0 bridgehead atoms. The summed E-state index contributed by atoms with van der Waals surface area (Å²) in [5, 5.41) is 11.6. The molecule has 6 heteroatoms. The van der Waals surface area contributed by atoms with E-state index in [-0.39, 0.29) is 17.1 Å². The molecule has 1 aliphatic heterocycles. The number of carbonyl (C=O) groups excluding carboxylic acids is 2. The molecule has 1 saturated heterocycles. The molecule has 0 spiro atoms. The number of nitrogens with zero attached hydrogens (tertiary/aromatic N) is 1. The van der Waals surface area contributed by atoms with Crippen molar-refractivity contribution in [2.45, 2.75) is 33.2 Å². The molecule has 6 nitrogen and oxygen atoms in total. The van der Waals surface area contributed by atoms with Gasteiger partial charge in [-0.2, -0.15) is 0 Å². The number of aliphatic carboxylic acids is 1. The van der Waals surface area contributed by atoms with Gasteiger partial charge in [-0.3, -0.25) is 9.59 Å². The first-order valence-electron chi connectivity index (χ1n) is 5.70. The first-order valence-corrected chi connectivity index (χ1v) is 5.70. The molecule has 0 unspecified atom stereocenters. The summed E-state index contributed by atoms with van der Waals surface area (Å²) in [6.07, 6.45) is 0. The van der Waals surface area contributed by atoms with E-state index in [1.54, 1.807) is 13.8 Å². The van der Waals surface area contributed by atoms with Gasteiger partial charge >= 0.3 is 5.97 Å². The molecule has 0 aromatic rings. The molecule has 2 N–H and O–H groups in total. The van der Waals surface area contributed by atoms with E-state index in [0.29, 0.717) is 13.1 Å². The first-order chi connectivity index (χ1) is 8.19. The van der Waals surface area contributed by atoms with Gasteiger partial charge in [-0.05, 0) is 27.7 Å². The molecular weight excluding hydrogens is 236 g/mol. The number of carboxylic acid groups (broad SMARTS) is 1. The summed E-state index contributed by atoms with van der Waals surface area (Å²) in [5.74, 6) is -1.77. The highest BCUT2D eigenvalue weighted by Crippen LogP contribution is 2.21. The first kappa shape index (κ1) is 14.2. The zero-order valence-electron chi connectivity index (χ0n) is 11.0. The third-order valence-corrected chi connectivity index (χ3v) is 3.30. The van der Waals surface area contributed by atoms with Gasteiger partial charge in [-0.15, -0.1) is 0 Å². The van der Waals surface area contributed by atoms with Gasteiger partial charge in [0.25, 0.3) is 5.91 Å². The van der Waals surface area contributed by atoms with E-state index in [2.05, 4.69) is 5.32 Å². The van der Waals surface area contributed by atoms with Crippen molar-refractivity contribution in [3.05, 3.63) is 11.1 Å². The number of piperazine rings is 1. The lowest BCUT2D eigenvalue weighted by Crippen LogP contribution is -2.63. The molecule has 0 radical (unpaired) electrons. The Bertz CT molecular complexity index is 437. The summed E-state index contributed by atoms with van der Waals surface area (Å²) in [6.45, 7) is 6.89. The highest BCUT2D eigenvalue weighted by molar-refractivity contribution is 6.04. The number of hydrogen-bond acceptors (Lipinski definition) is 3. The van der Waals surface area contributed by atoms with E-state index in [1.807, 2.05) is 0 Å². The Morgan fingerprint density at radius 1 is 1.28 bits per heavy atom. The fraction of sp³-hybridized carbons (Fsp3) is 0.583. The van der Waals surface area contributed by atoms with E-state index >= 15 is 0 Å². The number of nitrogens with one attached hydrogen (secondary N) is 1. The Hall–Kier alpha value is -1.85. The molecule has 2 amide bonds. The van der Waals surface area contributed by atoms with E-state index in [9.17, 15) is 14.4 Å². The van der Waals surface area contributed by atoms with Gasteiger partial charge in [-0.25, -0.2) is 4.79 Å². The SMILES string of the molecule is CC(C(=O)O)=C(C)C(=O)N1CCNC(=O)C1(C)C. The molecule has 100 valence electrons. The molecule has 1 rings (SSSR count). The van der Waals surface area contributed by atoms with Crippen molar-refractivity contribution in [2.24, 2.45) is 0 Å². The normalized spacial score (nSPS) is 20.0. The largest absolute Gasteiger partial charge is 0.478 e. The zero-order valence-corrected chi connectivity index (χ0v) is 11.0. The van der Waals surface area contributed by atoms with E-state index in [1.165, 1.54) is 18.7 Å². The third kappa shape index (κ3) is 2.37. The third-order valence-electron chi connectivity index (χ3n) is 3.30. The molecule has 1 heterocycles. The second-order valence-electron chi connectivity index (χ2n) is 4.83. The number of rotatable bonds is 2. The molecule has 0 aliphatic carbocycles. The van der Waals surface area contributed by atoms with Crippen molar-refractivity contribution in [2.75, 3.05) is 13.1 Å². The lowest BCUT2D eigenvalue weighted by molar-refractivity contribution is -0.146. The van der Waals surface area contributed by atoms with Crippen LogP contribution in [0.4, 0.5) is 0 Å². The van der Waals surface area contributed by atoms with Crippen LogP contribution in [0.3, 0.4) is 0 Å². The zero-order chi connectivity index (χ0) is 14.1. The van der Waals surface area contributed by atoms with Crippen LogP contribution in [0.1, 0.15) is 27.7 Å². The fourth-order valence-electron chi connectivity index (χ4n) is 1.78. The van der Waals surface area contributed by atoms with Crippen molar-refractivity contribution in [3.8, 4) is 0 Å². The van der Waals surface area contributed by atoms with Crippen LogP contribution in [0, 0.1) is 0 Å². The Kier molecular flexibility index (Phi) is 3.79. The average Bonchev–Trinajstić information content (AvgIpc) is 2.29. The van der Waals surface area contributed by atoms with Crippen molar-refractivity contribution < 1.29 is 19.5 Å². The van der Waals surface area contributed by atoms with Crippen molar-refractivity contribution >= 4 is 17.8 Å². The second-order valence-corrected chi connectivity index (χ2v) is 4.83. The highest BCUT2D eigenvalue weighted by atomic mass is 16.4. The van der Waals surface area contributed by atoms with Gasteiger partial charge in [-0.1, -0.05) is 0 Å². The number of carboxylic acids is 1. The maximum absolute atomic E-state index is 12.2. The maximum Gasteiger partial charge on any atom is 0.331 e. The Balaban J connectivity index is 3.07. The van der Waals surface area contributed by atoms with Crippen LogP contribution in [0.5, 0.6) is 0 Å². The maximum atomic E-state index is 12.2. The van der Waals surface area contributed by atoms with E-state index in [4.69, 9.17) is 5.11 Å². The Morgan fingerprint density at radius 2 is 1.83 bits per heavy atom. The van der Waals surface area contributed by atoms with Crippen LogP contribution in [0.25, 0.3) is 0 Å². The van der Waals surface area contributed by atoms with Crippen molar-refractivity contribution in [1.82, 2.24) is 10.2 Å². The van der Waals surface area contributed by atoms with Gasteiger partial charge in [0.2, 0.25) is 5.91 Å². The molecule has 0 saturated carbocycles. The van der Waals surface area contributed by atoms with Crippen LogP contribution < -0.4 is 5.32 Å². The summed E-state index contributed by atoms with van der Waals surface area (Å²) in [5.41, 5.74) is -0.804. The van der Waals surface area contributed by atoms with Crippen LogP contribution in [-0.4, -0.2) is 46.4 Å². The summed E-state index contributed by atoms with van der Waals surface area (Å²) in [7, 11) is 0. The molecular formula is C12H18N2O4. The van der Waals surface area contributed by atoms with Crippen molar-refractivity contribution in [1.29, 1.82) is 0 Å². The molecule has 18 heavy (non-hydrogen) atoms. The van der Waals surface area contributed by atoms with Crippen LogP contribution in [-0.2, 0) is 14.4 Å². The van der Waals surface area contributed by atoms with Crippen LogP contribution >= 0.6 is 0 Å². The molecule has 0 atom stereocenters. The topological polar surface area (TPSA) is 86.7 Å². The van der Waals surface area contributed by atoms with Gasteiger partial charge in [0, 0.05) is 24.2 Å². The highest BCUT2D eigenvalue weighted by Gasteiger charge is 2.41. The minimum Gasteiger partial charge on any atom is -0.478 e. The van der Waals surface area contributed by atoms with Crippen LogP contribution in [0.15, 0.2) is 11.1 Å². The fourth-order valence-corrected chi connectivity index (χ4v) is 1.78. The monoisotopic (exact) mass is 254 g/mol. The number of carbonyl (C=O) groups is 3. The average molecular weight is 254 g/mol. The van der Waals surface area contributed by atoms with Gasteiger partial charge < -0.3 is 15.3 Å². The molecule has 0 aromatic heterocycles. The van der Waals surface area contributed by atoms with Gasteiger partial charge in [0.1, 0.15) is 5.54 Å². The van der Waals surface area contributed by atoms with Crippen LogP contribution in [0.2, 0.25) is 0 Å². The summed E-state index contributed by atoms with van der Waals surface area (Å²) >= 11 is 0. The van der Waals surface area contributed by atoms with E-state index < -0.39 is 17.4 Å². The standard InChI is InChI=1S/C12H18N2O4/c1-7(8(2)10(16)17)9(15)14-6-5-13-11(18)12(14,3)4/h5-6H2,1-4H3,(H,13,18)(H,16,17). The second kappa shape index (κ2) is 4.80. The predicted octanol–water partition coefficient (Wildman–Crippen LogP) is 0.144. The van der Waals surface area contributed by atoms with E-state index in [0.717, 1.165) is 0 Å². The van der Waals surface area contributed by atoms with Crippen molar-refractivity contribution in [3.63, 3.8) is 0 Å². The summed E-state index contributed by atoms with van der Waals surface area (Å²) in [6, 6.07) is 0. The quantitative estimate of drug-likeness (QED) is 0.686.